The smallest absolute Gasteiger partial charge is 0.253 e. The number of allylic oxidation sites excluding steroid dienone is 2. The van der Waals surface area contributed by atoms with Crippen molar-refractivity contribution in [1.29, 1.82) is 5.26 Å². The number of nitrogens with one attached hydrogen (secondary N) is 1. The Morgan fingerprint density at radius 1 is 1.21 bits per heavy atom. The van der Waals surface area contributed by atoms with Gasteiger partial charge >= 0.3 is 0 Å². The Morgan fingerprint density at radius 2 is 2.00 bits per heavy atom. The van der Waals surface area contributed by atoms with Crippen molar-refractivity contribution in [2.24, 2.45) is 0 Å². The first-order valence-corrected chi connectivity index (χ1v) is 13.6. The van der Waals surface area contributed by atoms with Gasteiger partial charge in [0.15, 0.2) is 0 Å². The number of nitrogens with zero attached hydrogens (tertiary/aromatic N) is 5. The molecule has 3 heterocycles. The van der Waals surface area contributed by atoms with E-state index in [9.17, 15) is 10.1 Å². The van der Waals surface area contributed by atoms with Gasteiger partial charge in [-0.25, -0.2) is 9.97 Å². The van der Waals surface area contributed by atoms with E-state index in [1.807, 2.05) is 29.2 Å². The minimum atomic E-state index is 0.0465. The number of anilines is 1. The molecule has 1 amide bonds. The highest BCUT2D eigenvalue weighted by molar-refractivity contribution is 5.95. The number of rotatable bonds is 8. The van der Waals surface area contributed by atoms with Gasteiger partial charge in [-0.2, -0.15) is 5.26 Å². The maximum atomic E-state index is 13.3. The fraction of sp³-hybridized carbons (Fsp3) is 0.517. The van der Waals surface area contributed by atoms with E-state index in [1.165, 1.54) is 0 Å². The van der Waals surface area contributed by atoms with Crippen LogP contribution >= 0.6 is 0 Å². The van der Waals surface area contributed by atoms with Crippen LogP contribution in [0, 0.1) is 11.3 Å². The molecule has 3 aliphatic rings. The first-order chi connectivity index (χ1) is 18.6. The van der Waals surface area contributed by atoms with E-state index in [4.69, 9.17) is 19.4 Å². The van der Waals surface area contributed by atoms with Crippen LogP contribution in [0.5, 0.6) is 5.75 Å². The topological polar surface area (TPSA) is 104 Å². The maximum Gasteiger partial charge on any atom is 0.253 e. The van der Waals surface area contributed by atoms with Gasteiger partial charge in [-0.1, -0.05) is 19.1 Å². The van der Waals surface area contributed by atoms with Gasteiger partial charge in [0.2, 0.25) is 0 Å². The van der Waals surface area contributed by atoms with Crippen LogP contribution in [0.25, 0.3) is 5.57 Å². The van der Waals surface area contributed by atoms with Crippen LogP contribution in [0.2, 0.25) is 0 Å². The summed E-state index contributed by atoms with van der Waals surface area (Å²) in [6, 6.07) is 8.46. The molecule has 1 aromatic heterocycles. The Bertz CT molecular complexity index is 1240. The maximum absolute atomic E-state index is 13.3. The number of likely N-dealkylation sites (tertiary alicyclic amines) is 1. The summed E-state index contributed by atoms with van der Waals surface area (Å²) in [4.78, 5) is 27.3. The molecule has 0 atom stereocenters. The Morgan fingerprint density at radius 3 is 2.71 bits per heavy atom. The second-order valence-corrected chi connectivity index (χ2v) is 10.0. The first kappa shape index (κ1) is 26.1. The van der Waals surface area contributed by atoms with E-state index in [0.29, 0.717) is 47.4 Å². The number of benzene rings is 1. The van der Waals surface area contributed by atoms with Crippen molar-refractivity contribution in [3.63, 3.8) is 0 Å². The molecule has 2 aromatic rings. The number of aromatic nitrogens is 2. The molecule has 0 unspecified atom stereocenters. The summed E-state index contributed by atoms with van der Waals surface area (Å²) in [5.74, 6) is 2.08. The van der Waals surface area contributed by atoms with Gasteiger partial charge in [0.1, 0.15) is 17.4 Å². The Balaban J connectivity index is 1.29. The number of hydrogen-bond donors (Lipinski definition) is 1. The minimum Gasteiger partial charge on any atom is -0.496 e. The molecule has 9 heteroatoms. The van der Waals surface area contributed by atoms with E-state index in [0.717, 1.165) is 82.0 Å². The molecule has 2 fully saturated rings. The lowest BCUT2D eigenvalue weighted by Gasteiger charge is -2.40. The molecule has 9 nitrogen and oxygen atoms in total. The summed E-state index contributed by atoms with van der Waals surface area (Å²) in [5, 5.41) is 12.9. The number of nitriles is 1. The third kappa shape index (κ3) is 5.52. The van der Waals surface area contributed by atoms with Crippen LogP contribution in [0.1, 0.15) is 59.2 Å². The summed E-state index contributed by atoms with van der Waals surface area (Å²) >= 11 is 0. The van der Waals surface area contributed by atoms with Crippen molar-refractivity contribution in [3.05, 3.63) is 52.5 Å². The van der Waals surface area contributed by atoms with E-state index in [-0.39, 0.29) is 5.91 Å². The van der Waals surface area contributed by atoms with Gasteiger partial charge in [-0.3, -0.25) is 9.69 Å². The monoisotopic (exact) mass is 516 g/mol. The molecule has 1 aliphatic carbocycles. The average Bonchev–Trinajstić information content (AvgIpc) is 3.39. The third-order valence-electron chi connectivity index (χ3n) is 7.66. The lowest BCUT2D eigenvalue weighted by molar-refractivity contribution is 0.00158. The van der Waals surface area contributed by atoms with E-state index in [1.54, 1.807) is 7.11 Å². The molecule has 1 N–H and O–H groups in total. The number of piperidine rings is 1. The summed E-state index contributed by atoms with van der Waals surface area (Å²) < 4.78 is 11.2. The number of amides is 1. The normalized spacial score (nSPS) is 18.0. The SMILES string of the molecule is CCCNc1nc(Cc2ccc(C(=O)N3CCC(N4CCOCC4)CC3)cc2OC)nc2c1C(C#N)=CC2. The summed E-state index contributed by atoms with van der Waals surface area (Å²) in [6.45, 7) is 7.96. The van der Waals surface area contributed by atoms with Crippen LogP contribution in [-0.4, -0.2) is 84.8 Å². The zero-order chi connectivity index (χ0) is 26.5. The number of morpholine rings is 1. The minimum absolute atomic E-state index is 0.0465. The predicted molar refractivity (Wildman–Crippen MR) is 145 cm³/mol. The van der Waals surface area contributed by atoms with Crippen molar-refractivity contribution < 1.29 is 14.3 Å². The summed E-state index contributed by atoms with van der Waals surface area (Å²) in [6.07, 6.45) is 5.94. The number of fused-ring (bicyclic) bond motifs is 1. The highest BCUT2D eigenvalue weighted by Gasteiger charge is 2.29. The second-order valence-electron chi connectivity index (χ2n) is 10.0. The van der Waals surface area contributed by atoms with E-state index in [2.05, 4.69) is 23.2 Å². The van der Waals surface area contributed by atoms with Crippen molar-refractivity contribution in [3.8, 4) is 11.8 Å². The molecule has 2 saturated heterocycles. The fourth-order valence-electron chi connectivity index (χ4n) is 5.60. The van der Waals surface area contributed by atoms with Crippen LogP contribution in [0.4, 0.5) is 5.82 Å². The number of ether oxygens (including phenoxy) is 2. The molecular formula is C29H36N6O3. The van der Waals surface area contributed by atoms with Crippen molar-refractivity contribution in [1.82, 2.24) is 19.8 Å². The lowest BCUT2D eigenvalue weighted by atomic mass is 10.0. The lowest BCUT2D eigenvalue weighted by Crippen LogP contribution is -2.50. The van der Waals surface area contributed by atoms with Crippen LogP contribution in [0.15, 0.2) is 24.3 Å². The van der Waals surface area contributed by atoms with Crippen molar-refractivity contribution in [2.75, 3.05) is 58.4 Å². The van der Waals surface area contributed by atoms with Gasteiger partial charge in [0.05, 0.1) is 43.2 Å². The van der Waals surface area contributed by atoms with Crippen LogP contribution in [-0.2, 0) is 17.6 Å². The predicted octanol–water partition coefficient (Wildman–Crippen LogP) is 3.30. The van der Waals surface area contributed by atoms with E-state index < -0.39 is 0 Å². The Hall–Kier alpha value is -3.48. The molecule has 0 bridgehead atoms. The van der Waals surface area contributed by atoms with Gasteiger partial charge in [-0.05, 0) is 31.4 Å². The molecular weight excluding hydrogens is 480 g/mol. The molecule has 2 aliphatic heterocycles. The molecule has 0 saturated carbocycles. The summed E-state index contributed by atoms with van der Waals surface area (Å²) in [5.41, 5.74) is 3.87. The quantitative estimate of drug-likeness (QED) is 0.570. The highest BCUT2D eigenvalue weighted by Crippen LogP contribution is 2.32. The van der Waals surface area contributed by atoms with Crippen molar-refractivity contribution in [2.45, 2.75) is 45.1 Å². The Labute approximate surface area is 224 Å². The van der Waals surface area contributed by atoms with E-state index >= 15 is 0 Å². The first-order valence-electron chi connectivity index (χ1n) is 13.6. The molecule has 5 rings (SSSR count). The molecule has 0 radical (unpaired) electrons. The fourth-order valence-corrected chi connectivity index (χ4v) is 5.60. The molecule has 38 heavy (non-hydrogen) atoms. The number of carbonyl (C=O) groups excluding carboxylic acids is 1. The Kier molecular flexibility index (Phi) is 8.20. The van der Waals surface area contributed by atoms with Gasteiger partial charge < -0.3 is 19.7 Å². The van der Waals surface area contributed by atoms with Gasteiger partial charge in [-0.15, -0.1) is 0 Å². The van der Waals surface area contributed by atoms with Crippen LogP contribution in [0.3, 0.4) is 0 Å². The molecule has 200 valence electrons. The third-order valence-corrected chi connectivity index (χ3v) is 7.66. The molecule has 0 spiro atoms. The zero-order valence-electron chi connectivity index (χ0n) is 22.3. The number of methoxy groups -OCH3 is 1. The highest BCUT2D eigenvalue weighted by atomic mass is 16.5. The van der Waals surface area contributed by atoms with Crippen molar-refractivity contribution >= 4 is 17.3 Å². The van der Waals surface area contributed by atoms with Gasteiger partial charge in [0.25, 0.3) is 5.91 Å². The largest absolute Gasteiger partial charge is 0.496 e. The second kappa shape index (κ2) is 11.9. The van der Waals surface area contributed by atoms with Crippen LogP contribution < -0.4 is 10.1 Å². The standard InChI is InChI=1S/C29H36N6O3/c1-3-10-31-28-27-22(19-30)6-7-24(27)32-26(33-28)18-20-4-5-21(17-25(20)37-2)29(36)35-11-8-23(9-12-35)34-13-15-38-16-14-34/h4-6,17,23H,3,7-16,18H2,1-2H3,(H,31,32,33). The average molecular weight is 517 g/mol. The summed E-state index contributed by atoms with van der Waals surface area (Å²) in [7, 11) is 1.63. The molecule has 1 aromatic carbocycles. The zero-order valence-corrected chi connectivity index (χ0v) is 22.3. The number of carbonyl (C=O) groups is 1. The van der Waals surface area contributed by atoms with Gasteiger partial charge in [0, 0.05) is 62.7 Å². The number of hydrogen-bond acceptors (Lipinski definition) is 8.